The first-order valence-corrected chi connectivity index (χ1v) is 9.07. The van der Waals surface area contributed by atoms with E-state index in [1.165, 1.54) is 12.1 Å². The molecule has 1 aromatic carbocycles. The van der Waals surface area contributed by atoms with Crippen LogP contribution >= 0.6 is 34.8 Å². The molecule has 0 aliphatic carbocycles. The fourth-order valence-corrected chi connectivity index (χ4v) is 2.98. The molecule has 5 nitrogen and oxygen atoms in total. The van der Waals surface area contributed by atoms with E-state index < -0.39 is 11.7 Å². The minimum Gasteiger partial charge on any atom is -0.505 e. The van der Waals surface area contributed by atoms with E-state index in [0.717, 1.165) is 25.7 Å². The lowest BCUT2D eigenvalue weighted by Gasteiger charge is -2.14. The summed E-state index contributed by atoms with van der Waals surface area (Å²) in [5.41, 5.74) is 0.528. The Balaban J connectivity index is 2.23. The molecule has 0 unspecified atom stereocenters. The van der Waals surface area contributed by atoms with Crippen LogP contribution in [0.4, 0.5) is 5.69 Å². The molecule has 0 saturated carbocycles. The molecule has 2 rings (SSSR count). The second-order valence-corrected chi connectivity index (χ2v) is 6.89. The maximum absolute atomic E-state index is 12.3. The van der Waals surface area contributed by atoms with Crippen LogP contribution in [-0.2, 0) is 6.42 Å². The zero-order valence-electron chi connectivity index (χ0n) is 13.6. The summed E-state index contributed by atoms with van der Waals surface area (Å²) < 4.78 is 0. The van der Waals surface area contributed by atoms with E-state index in [9.17, 15) is 15.0 Å². The molecule has 2 aromatic rings. The molecule has 0 saturated heterocycles. The van der Waals surface area contributed by atoms with Crippen molar-refractivity contribution >= 4 is 46.4 Å². The highest BCUT2D eigenvalue weighted by Crippen LogP contribution is 2.42. The van der Waals surface area contributed by atoms with Crippen LogP contribution in [0.5, 0.6) is 11.5 Å². The van der Waals surface area contributed by atoms with E-state index in [2.05, 4.69) is 17.2 Å². The van der Waals surface area contributed by atoms with Crippen LogP contribution in [0.1, 0.15) is 48.7 Å². The van der Waals surface area contributed by atoms with Crippen LogP contribution in [0, 0.1) is 0 Å². The van der Waals surface area contributed by atoms with Crippen molar-refractivity contribution in [2.24, 2.45) is 0 Å². The highest BCUT2D eigenvalue weighted by atomic mass is 35.5. The minimum atomic E-state index is -0.612. The Hall–Kier alpha value is -1.56. The average Bonchev–Trinajstić information content (AvgIpc) is 2.92. The Bertz CT molecular complexity index is 755. The number of aromatic nitrogens is 1. The number of rotatable bonds is 7. The normalized spacial score (nSPS) is 10.9. The van der Waals surface area contributed by atoms with E-state index in [1.54, 1.807) is 0 Å². The monoisotopic (exact) mass is 404 g/mol. The molecule has 25 heavy (non-hydrogen) atoms. The lowest BCUT2D eigenvalue weighted by molar-refractivity contribution is 0.102. The van der Waals surface area contributed by atoms with Gasteiger partial charge in [-0.15, -0.1) is 0 Å². The molecule has 1 aromatic heterocycles. The summed E-state index contributed by atoms with van der Waals surface area (Å²) >= 11 is 17.6. The fourth-order valence-electron chi connectivity index (χ4n) is 2.44. The molecule has 8 heteroatoms. The van der Waals surface area contributed by atoms with Crippen LogP contribution in [0.15, 0.2) is 12.1 Å². The first-order valence-electron chi connectivity index (χ1n) is 7.93. The Kier molecular flexibility index (Phi) is 6.87. The van der Waals surface area contributed by atoms with Gasteiger partial charge in [-0.1, -0.05) is 61.0 Å². The van der Waals surface area contributed by atoms with Gasteiger partial charge in [0.1, 0.15) is 22.3 Å². The number of H-pyrrole nitrogens is 1. The molecule has 0 atom stereocenters. The zero-order chi connectivity index (χ0) is 18.6. The molecule has 0 radical (unpaired) electrons. The van der Waals surface area contributed by atoms with E-state index in [4.69, 9.17) is 34.8 Å². The number of phenolic OH excluding ortho intramolecular Hbond substituents is 2. The van der Waals surface area contributed by atoms with Crippen molar-refractivity contribution in [3.05, 3.63) is 38.6 Å². The van der Waals surface area contributed by atoms with E-state index in [-0.39, 0.29) is 32.3 Å². The van der Waals surface area contributed by atoms with Gasteiger partial charge in [0.05, 0.1) is 10.0 Å². The summed E-state index contributed by atoms with van der Waals surface area (Å²) in [5.74, 6) is -1.21. The van der Waals surface area contributed by atoms with Gasteiger partial charge < -0.3 is 20.5 Å². The molecule has 1 amide bonds. The van der Waals surface area contributed by atoms with Crippen molar-refractivity contribution in [3.8, 4) is 11.5 Å². The van der Waals surface area contributed by atoms with Crippen molar-refractivity contribution in [3.63, 3.8) is 0 Å². The second-order valence-electron chi connectivity index (χ2n) is 5.70. The van der Waals surface area contributed by atoms with Crippen molar-refractivity contribution in [1.82, 2.24) is 4.98 Å². The van der Waals surface area contributed by atoms with E-state index in [0.29, 0.717) is 12.0 Å². The molecule has 1 heterocycles. The number of aromatic hydroxyl groups is 2. The number of carbonyl (C=O) groups excluding carboxylic acids is 1. The van der Waals surface area contributed by atoms with Crippen molar-refractivity contribution in [1.29, 1.82) is 0 Å². The van der Waals surface area contributed by atoms with Crippen LogP contribution in [0.2, 0.25) is 15.2 Å². The molecule has 4 N–H and O–H groups in total. The molecule has 0 fully saturated rings. The van der Waals surface area contributed by atoms with Gasteiger partial charge in [-0.25, -0.2) is 0 Å². The number of anilines is 1. The standard InChI is InChI=1S/C17H19Cl3N2O3/c1-2-3-4-5-6-9-7-10(18)15(24)13(14(9)23)22-17(25)12-8-11(19)16(20)21-12/h7-8,21,23-24H,2-6H2,1H3,(H,22,25). The van der Waals surface area contributed by atoms with E-state index >= 15 is 0 Å². The van der Waals surface area contributed by atoms with Crippen molar-refractivity contribution < 1.29 is 15.0 Å². The molecular formula is C17H19Cl3N2O3. The van der Waals surface area contributed by atoms with Gasteiger partial charge >= 0.3 is 0 Å². The third kappa shape index (κ3) is 4.75. The number of unbranched alkanes of at least 4 members (excludes halogenated alkanes) is 3. The second kappa shape index (κ2) is 8.70. The van der Waals surface area contributed by atoms with Crippen molar-refractivity contribution in [2.75, 3.05) is 5.32 Å². The summed E-state index contributed by atoms with van der Waals surface area (Å²) in [6, 6.07) is 2.86. The zero-order valence-corrected chi connectivity index (χ0v) is 15.9. The number of hydrogen-bond acceptors (Lipinski definition) is 3. The Morgan fingerprint density at radius 2 is 1.80 bits per heavy atom. The average molecular weight is 406 g/mol. The molecule has 0 aliphatic heterocycles. The molecule has 0 bridgehead atoms. The number of carbonyl (C=O) groups is 1. The van der Waals surface area contributed by atoms with Gasteiger partial charge in [0.15, 0.2) is 5.75 Å². The number of nitrogens with one attached hydrogen (secondary N) is 2. The van der Waals surface area contributed by atoms with Crippen LogP contribution in [0.25, 0.3) is 0 Å². The highest BCUT2D eigenvalue weighted by Gasteiger charge is 2.20. The maximum Gasteiger partial charge on any atom is 0.272 e. The first kappa shape index (κ1) is 19.8. The summed E-state index contributed by atoms with van der Waals surface area (Å²) in [6.45, 7) is 2.11. The van der Waals surface area contributed by atoms with Crippen LogP contribution < -0.4 is 5.32 Å². The maximum atomic E-state index is 12.3. The highest BCUT2D eigenvalue weighted by molar-refractivity contribution is 6.41. The van der Waals surface area contributed by atoms with E-state index in [1.807, 2.05) is 0 Å². The molecule has 136 valence electrons. The topological polar surface area (TPSA) is 85.4 Å². The number of amides is 1. The lowest BCUT2D eigenvalue weighted by atomic mass is 10.0. The van der Waals surface area contributed by atoms with Gasteiger partial charge in [-0.2, -0.15) is 0 Å². The van der Waals surface area contributed by atoms with Gasteiger partial charge in [0, 0.05) is 0 Å². The third-order valence-corrected chi connectivity index (χ3v) is 4.79. The summed E-state index contributed by atoms with van der Waals surface area (Å²) in [4.78, 5) is 14.9. The number of phenols is 2. The largest absolute Gasteiger partial charge is 0.505 e. The fraction of sp³-hybridized carbons (Fsp3) is 0.353. The molecule has 0 spiro atoms. The number of halogens is 3. The van der Waals surface area contributed by atoms with Crippen LogP contribution in [-0.4, -0.2) is 21.1 Å². The Labute approximate surface area is 160 Å². The molecule has 0 aliphatic rings. The predicted octanol–water partition coefficient (Wildman–Crippen LogP) is 5.76. The number of benzene rings is 1. The summed E-state index contributed by atoms with van der Waals surface area (Å²) in [5, 5.41) is 23.3. The molecular weight excluding hydrogens is 387 g/mol. The minimum absolute atomic E-state index is 0.0566. The Morgan fingerprint density at radius 1 is 1.08 bits per heavy atom. The number of aryl methyl sites for hydroxylation is 1. The summed E-state index contributed by atoms with van der Waals surface area (Å²) in [6.07, 6.45) is 4.69. The quantitative estimate of drug-likeness (QED) is 0.349. The van der Waals surface area contributed by atoms with Gasteiger partial charge in [-0.3, -0.25) is 4.79 Å². The first-order chi connectivity index (χ1) is 11.8. The van der Waals surface area contributed by atoms with Gasteiger partial charge in [0.2, 0.25) is 0 Å². The van der Waals surface area contributed by atoms with Gasteiger partial charge in [-0.05, 0) is 30.5 Å². The Morgan fingerprint density at radius 3 is 2.40 bits per heavy atom. The van der Waals surface area contributed by atoms with Crippen LogP contribution in [0.3, 0.4) is 0 Å². The third-order valence-electron chi connectivity index (χ3n) is 3.81. The summed E-state index contributed by atoms with van der Waals surface area (Å²) in [7, 11) is 0. The SMILES string of the molecule is CCCCCCc1cc(Cl)c(O)c(NC(=O)c2cc(Cl)c(Cl)[nH]2)c1O. The predicted molar refractivity (Wildman–Crippen MR) is 101 cm³/mol. The van der Waals surface area contributed by atoms with Gasteiger partial charge in [0.25, 0.3) is 5.91 Å². The lowest BCUT2D eigenvalue weighted by Crippen LogP contribution is -2.13. The smallest absolute Gasteiger partial charge is 0.272 e. The number of hydrogen-bond donors (Lipinski definition) is 4. The van der Waals surface area contributed by atoms with Crippen molar-refractivity contribution in [2.45, 2.75) is 39.0 Å². The number of aromatic amines is 1.